The molecular formula is C14H16N2O2. The molecule has 4 heteroatoms. The third-order valence-corrected chi connectivity index (χ3v) is 2.85. The van der Waals surface area contributed by atoms with Crippen LogP contribution in [-0.4, -0.2) is 23.0 Å². The van der Waals surface area contributed by atoms with E-state index in [0.717, 1.165) is 11.3 Å². The summed E-state index contributed by atoms with van der Waals surface area (Å²) in [5.41, 5.74) is 4.40. The molecule has 0 saturated heterocycles. The highest BCUT2D eigenvalue weighted by Crippen LogP contribution is 2.22. The Balaban J connectivity index is 2.29. The number of aryl methyl sites for hydroxylation is 2. The molecule has 0 radical (unpaired) electrons. The Labute approximate surface area is 106 Å². The molecular weight excluding hydrogens is 228 g/mol. The van der Waals surface area contributed by atoms with Gasteiger partial charge in [0.15, 0.2) is 0 Å². The van der Waals surface area contributed by atoms with Crippen LogP contribution in [0, 0.1) is 13.8 Å². The second-order valence-electron chi connectivity index (χ2n) is 4.31. The van der Waals surface area contributed by atoms with Crippen LogP contribution in [0.15, 0.2) is 24.4 Å². The zero-order valence-corrected chi connectivity index (χ0v) is 10.8. The van der Waals surface area contributed by atoms with Gasteiger partial charge in [0.2, 0.25) is 0 Å². The van der Waals surface area contributed by atoms with Crippen LogP contribution in [0.25, 0.3) is 11.3 Å². The lowest BCUT2D eigenvalue weighted by molar-refractivity contribution is -0.139. The normalized spacial score (nSPS) is 10.4. The molecule has 1 heterocycles. The number of carbonyl (C=O) groups excluding carboxylic acids is 1. The van der Waals surface area contributed by atoms with E-state index in [9.17, 15) is 4.79 Å². The summed E-state index contributed by atoms with van der Waals surface area (Å²) in [4.78, 5) is 18.5. The van der Waals surface area contributed by atoms with Crippen molar-refractivity contribution in [3.8, 4) is 11.3 Å². The molecule has 18 heavy (non-hydrogen) atoms. The monoisotopic (exact) mass is 244 g/mol. The molecule has 2 aromatic rings. The first-order valence-electron chi connectivity index (χ1n) is 5.78. The molecule has 1 N–H and O–H groups in total. The SMILES string of the molecule is COC(=O)Cc1ncc(-c2cc(C)ccc2C)[nH]1. The first kappa shape index (κ1) is 12.4. The van der Waals surface area contributed by atoms with Crippen LogP contribution >= 0.6 is 0 Å². The largest absolute Gasteiger partial charge is 0.469 e. The molecule has 1 aromatic heterocycles. The summed E-state index contributed by atoms with van der Waals surface area (Å²) in [6, 6.07) is 6.25. The summed E-state index contributed by atoms with van der Waals surface area (Å²) in [6.45, 7) is 4.10. The van der Waals surface area contributed by atoms with Crippen LogP contribution in [0.3, 0.4) is 0 Å². The highest BCUT2D eigenvalue weighted by atomic mass is 16.5. The molecule has 0 unspecified atom stereocenters. The topological polar surface area (TPSA) is 55.0 Å². The molecule has 0 aliphatic carbocycles. The molecule has 0 atom stereocenters. The number of H-pyrrole nitrogens is 1. The molecule has 0 bridgehead atoms. The number of hydrogen-bond acceptors (Lipinski definition) is 3. The van der Waals surface area contributed by atoms with Gasteiger partial charge >= 0.3 is 5.97 Å². The minimum Gasteiger partial charge on any atom is -0.469 e. The second kappa shape index (κ2) is 5.04. The fourth-order valence-corrected chi connectivity index (χ4v) is 1.82. The third-order valence-electron chi connectivity index (χ3n) is 2.85. The number of hydrogen-bond donors (Lipinski definition) is 1. The lowest BCUT2D eigenvalue weighted by Crippen LogP contribution is -2.05. The fourth-order valence-electron chi connectivity index (χ4n) is 1.82. The number of carbonyl (C=O) groups is 1. The molecule has 0 aliphatic heterocycles. The maximum Gasteiger partial charge on any atom is 0.313 e. The van der Waals surface area contributed by atoms with E-state index in [1.54, 1.807) is 6.20 Å². The predicted octanol–water partition coefficient (Wildman–Crippen LogP) is 2.41. The Kier molecular flexibility index (Phi) is 3.46. The van der Waals surface area contributed by atoms with Crippen LogP contribution in [0.1, 0.15) is 17.0 Å². The quantitative estimate of drug-likeness (QED) is 0.843. The zero-order chi connectivity index (χ0) is 13.1. The van der Waals surface area contributed by atoms with Gasteiger partial charge in [-0.15, -0.1) is 0 Å². The van der Waals surface area contributed by atoms with Gasteiger partial charge in [-0.1, -0.05) is 17.7 Å². The number of ether oxygens (including phenoxy) is 1. The van der Waals surface area contributed by atoms with Gasteiger partial charge in [0.1, 0.15) is 12.2 Å². The number of rotatable bonds is 3. The first-order chi connectivity index (χ1) is 8.60. The molecule has 1 aromatic carbocycles. The summed E-state index contributed by atoms with van der Waals surface area (Å²) < 4.78 is 4.61. The maximum atomic E-state index is 11.2. The van der Waals surface area contributed by atoms with E-state index in [2.05, 4.69) is 46.8 Å². The van der Waals surface area contributed by atoms with Gasteiger partial charge in [-0.25, -0.2) is 4.98 Å². The van der Waals surface area contributed by atoms with E-state index in [1.165, 1.54) is 18.2 Å². The van der Waals surface area contributed by atoms with Crippen molar-refractivity contribution in [2.45, 2.75) is 20.3 Å². The van der Waals surface area contributed by atoms with Gasteiger partial charge < -0.3 is 9.72 Å². The Morgan fingerprint density at radius 1 is 1.39 bits per heavy atom. The third kappa shape index (κ3) is 2.59. The van der Waals surface area contributed by atoms with Crippen molar-refractivity contribution >= 4 is 5.97 Å². The molecule has 4 nitrogen and oxygen atoms in total. The Morgan fingerprint density at radius 3 is 2.89 bits per heavy atom. The minimum absolute atomic E-state index is 0.168. The maximum absolute atomic E-state index is 11.2. The standard InChI is InChI=1S/C14H16N2O2/c1-9-4-5-10(2)11(6-9)12-8-15-13(16-12)7-14(17)18-3/h4-6,8H,7H2,1-3H3,(H,15,16). The number of nitrogens with one attached hydrogen (secondary N) is 1. The summed E-state index contributed by atoms with van der Waals surface area (Å²) in [7, 11) is 1.37. The number of esters is 1. The van der Waals surface area contributed by atoms with Crippen LogP contribution in [0.5, 0.6) is 0 Å². The van der Waals surface area contributed by atoms with Crippen molar-refractivity contribution in [2.24, 2.45) is 0 Å². The number of benzene rings is 1. The van der Waals surface area contributed by atoms with E-state index in [0.29, 0.717) is 5.82 Å². The van der Waals surface area contributed by atoms with Crippen molar-refractivity contribution < 1.29 is 9.53 Å². The number of aromatic amines is 1. The highest BCUT2D eigenvalue weighted by Gasteiger charge is 2.09. The molecule has 0 amide bonds. The second-order valence-corrected chi connectivity index (χ2v) is 4.31. The zero-order valence-electron chi connectivity index (χ0n) is 10.8. The number of imidazole rings is 1. The number of aromatic nitrogens is 2. The first-order valence-corrected chi connectivity index (χ1v) is 5.78. The molecule has 94 valence electrons. The van der Waals surface area contributed by atoms with Crippen LogP contribution in [0.4, 0.5) is 0 Å². The van der Waals surface area contributed by atoms with Gasteiger partial charge in [-0.3, -0.25) is 4.79 Å². The molecule has 2 rings (SSSR count). The summed E-state index contributed by atoms with van der Waals surface area (Å²) in [6.07, 6.45) is 1.92. The molecule has 0 fully saturated rings. The summed E-state index contributed by atoms with van der Waals surface area (Å²) >= 11 is 0. The molecule has 0 aliphatic rings. The van der Waals surface area contributed by atoms with E-state index in [-0.39, 0.29) is 12.4 Å². The van der Waals surface area contributed by atoms with E-state index in [4.69, 9.17) is 0 Å². The predicted molar refractivity (Wildman–Crippen MR) is 69.2 cm³/mol. The lowest BCUT2D eigenvalue weighted by Gasteiger charge is -2.04. The van der Waals surface area contributed by atoms with Crippen LogP contribution < -0.4 is 0 Å². The van der Waals surface area contributed by atoms with Crippen molar-refractivity contribution in [2.75, 3.05) is 7.11 Å². The van der Waals surface area contributed by atoms with Gasteiger partial charge in [-0.2, -0.15) is 0 Å². The number of methoxy groups -OCH3 is 1. The molecule has 0 spiro atoms. The highest BCUT2D eigenvalue weighted by molar-refractivity contribution is 5.72. The van der Waals surface area contributed by atoms with E-state index >= 15 is 0 Å². The Hall–Kier alpha value is -2.10. The van der Waals surface area contributed by atoms with Crippen molar-refractivity contribution in [1.29, 1.82) is 0 Å². The Morgan fingerprint density at radius 2 is 2.17 bits per heavy atom. The summed E-state index contributed by atoms with van der Waals surface area (Å²) in [5, 5.41) is 0. The minimum atomic E-state index is -0.295. The van der Waals surface area contributed by atoms with Crippen LogP contribution in [0.2, 0.25) is 0 Å². The van der Waals surface area contributed by atoms with Crippen molar-refractivity contribution in [1.82, 2.24) is 9.97 Å². The van der Waals surface area contributed by atoms with E-state index in [1.807, 2.05) is 0 Å². The average Bonchev–Trinajstić information content (AvgIpc) is 2.80. The van der Waals surface area contributed by atoms with Gasteiger partial charge in [0, 0.05) is 5.56 Å². The fraction of sp³-hybridized carbons (Fsp3) is 0.286. The number of nitrogens with zero attached hydrogens (tertiary/aromatic N) is 1. The average molecular weight is 244 g/mol. The van der Waals surface area contributed by atoms with Crippen molar-refractivity contribution in [3.05, 3.63) is 41.3 Å². The van der Waals surface area contributed by atoms with Gasteiger partial charge in [0.25, 0.3) is 0 Å². The van der Waals surface area contributed by atoms with E-state index < -0.39 is 0 Å². The Bertz CT molecular complexity index is 573. The van der Waals surface area contributed by atoms with Crippen molar-refractivity contribution in [3.63, 3.8) is 0 Å². The molecule has 0 saturated carbocycles. The van der Waals surface area contributed by atoms with Gasteiger partial charge in [0.05, 0.1) is 19.0 Å². The van der Waals surface area contributed by atoms with Gasteiger partial charge in [-0.05, 0) is 25.5 Å². The lowest BCUT2D eigenvalue weighted by atomic mass is 10.0. The smallest absolute Gasteiger partial charge is 0.313 e. The van der Waals surface area contributed by atoms with Crippen LogP contribution in [-0.2, 0) is 16.0 Å². The summed E-state index contributed by atoms with van der Waals surface area (Å²) in [5.74, 6) is 0.328.